The van der Waals surface area contributed by atoms with Crippen LogP contribution in [-0.4, -0.2) is 51.9 Å². The summed E-state index contributed by atoms with van der Waals surface area (Å²) in [7, 11) is -1.29. The van der Waals surface area contributed by atoms with E-state index in [4.69, 9.17) is 27.9 Å². The maximum Gasteiger partial charge on any atom is 0.264 e. The van der Waals surface area contributed by atoms with Gasteiger partial charge < -0.3 is 15.0 Å². The van der Waals surface area contributed by atoms with Crippen molar-refractivity contribution < 1.29 is 22.7 Å². The maximum absolute atomic E-state index is 14.3. The molecule has 11 heteroatoms. The molecule has 0 aliphatic rings. The van der Waals surface area contributed by atoms with Gasteiger partial charge in [-0.3, -0.25) is 13.9 Å². The molecule has 0 aliphatic carbocycles. The van der Waals surface area contributed by atoms with E-state index < -0.39 is 34.4 Å². The number of methoxy groups -OCH3 is 1. The molecule has 1 atom stereocenters. The van der Waals surface area contributed by atoms with E-state index in [9.17, 15) is 18.0 Å². The standard InChI is InChI=1S/C32H31Cl2N3O5S/c1-35-32(39)30(19-23-8-4-3-5-9-23)36(21-24-10-6-11-25(33)18-24)31(38)22-37(27-13-7-12-26(34)20-27)43(40,41)29-16-14-28(42-2)15-17-29/h3-18,20,30H,19,21-22H2,1-2H3,(H,35,39). The van der Waals surface area contributed by atoms with Crippen LogP contribution in [-0.2, 0) is 32.6 Å². The lowest BCUT2D eigenvalue weighted by Gasteiger charge is -2.33. The zero-order chi connectivity index (χ0) is 31.0. The summed E-state index contributed by atoms with van der Waals surface area (Å²) in [4.78, 5) is 28.9. The van der Waals surface area contributed by atoms with Crippen molar-refractivity contribution >= 4 is 50.7 Å². The van der Waals surface area contributed by atoms with Crippen LogP contribution in [0.25, 0.3) is 0 Å². The van der Waals surface area contributed by atoms with Crippen LogP contribution in [0.15, 0.2) is 108 Å². The number of nitrogens with zero attached hydrogens (tertiary/aromatic N) is 2. The third-order valence-electron chi connectivity index (χ3n) is 6.78. The quantitative estimate of drug-likeness (QED) is 0.218. The van der Waals surface area contributed by atoms with Crippen molar-refractivity contribution in [3.8, 4) is 5.75 Å². The smallest absolute Gasteiger partial charge is 0.264 e. The second-order valence-corrected chi connectivity index (χ2v) is 12.4. The third-order valence-corrected chi connectivity index (χ3v) is 9.04. The maximum atomic E-state index is 14.3. The predicted octanol–water partition coefficient (Wildman–Crippen LogP) is 5.58. The van der Waals surface area contributed by atoms with Crippen LogP contribution in [0.3, 0.4) is 0 Å². The van der Waals surface area contributed by atoms with Gasteiger partial charge >= 0.3 is 0 Å². The lowest BCUT2D eigenvalue weighted by molar-refractivity contribution is -0.139. The molecule has 0 saturated heterocycles. The Hall–Kier alpha value is -4.05. The summed E-state index contributed by atoms with van der Waals surface area (Å²) in [5.74, 6) is -0.514. The fourth-order valence-electron chi connectivity index (χ4n) is 4.59. The van der Waals surface area contributed by atoms with Crippen LogP contribution < -0.4 is 14.4 Å². The summed E-state index contributed by atoms with van der Waals surface area (Å²) >= 11 is 12.5. The Morgan fingerprint density at radius 1 is 0.837 bits per heavy atom. The number of amides is 2. The zero-order valence-corrected chi connectivity index (χ0v) is 25.9. The number of rotatable bonds is 12. The lowest BCUT2D eigenvalue weighted by atomic mass is 10.0. The van der Waals surface area contributed by atoms with Gasteiger partial charge in [0.1, 0.15) is 18.3 Å². The van der Waals surface area contributed by atoms with Gasteiger partial charge in [0.2, 0.25) is 11.8 Å². The number of carbonyl (C=O) groups is 2. The summed E-state index contributed by atoms with van der Waals surface area (Å²) in [6.07, 6.45) is 0.204. The average molecular weight is 641 g/mol. The molecule has 0 fully saturated rings. The minimum absolute atomic E-state index is 0.0102. The van der Waals surface area contributed by atoms with Crippen LogP contribution in [0.2, 0.25) is 10.0 Å². The summed E-state index contributed by atoms with van der Waals surface area (Å²) in [6.45, 7) is -0.589. The van der Waals surface area contributed by atoms with E-state index in [1.807, 2.05) is 30.3 Å². The van der Waals surface area contributed by atoms with Gasteiger partial charge in [-0.1, -0.05) is 71.7 Å². The SMILES string of the molecule is CNC(=O)C(Cc1ccccc1)N(Cc1cccc(Cl)c1)C(=O)CN(c1cccc(Cl)c1)S(=O)(=O)c1ccc(OC)cc1. The molecule has 0 heterocycles. The highest BCUT2D eigenvalue weighted by Gasteiger charge is 2.34. The molecule has 0 saturated carbocycles. The van der Waals surface area contributed by atoms with Crippen molar-refractivity contribution in [2.24, 2.45) is 0 Å². The normalized spacial score (nSPS) is 11.8. The monoisotopic (exact) mass is 639 g/mol. The molecular weight excluding hydrogens is 609 g/mol. The van der Waals surface area contributed by atoms with E-state index in [1.165, 1.54) is 49.4 Å². The van der Waals surface area contributed by atoms with Crippen LogP contribution in [0.1, 0.15) is 11.1 Å². The van der Waals surface area contributed by atoms with E-state index in [1.54, 1.807) is 42.5 Å². The van der Waals surface area contributed by atoms with Crippen LogP contribution >= 0.6 is 23.2 Å². The summed E-state index contributed by atoms with van der Waals surface area (Å²) in [5, 5.41) is 3.42. The zero-order valence-electron chi connectivity index (χ0n) is 23.6. The Morgan fingerprint density at radius 2 is 1.47 bits per heavy atom. The van der Waals surface area contributed by atoms with Crippen molar-refractivity contribution in [3.63, 3.8) is 0 Å². The second kappa shape index (κ2) is 14.4. The minimum atomic E-state index is -4.26. The molecule has 0 aliphatic heterocycles. The summed E-state index contributed by atoms with van der Waals surface area (Å²) in [5.41, 5.74) is 1.70. The molecule has 4 aromatic carbocycles. The molecule has 0 bridgehead atoms. The molecule has 8 nitrogen and oxygen atoms in total. The summed E-state index contributed by atoms with van der Waals surface area (Å²) < 4.78 is 34.2. The highest BCUT2D eigenvalue weighted by Crippen LogP contribution is 2.28. The molecule has 4 rings (SSSR count). The van der Waals surface area contributed by atoms with Gasteiger partial charge in [-0.05, 0) is 65.7 Å². The van der Waals surface area contributed by atoms with Gasteiger partial charge in [0, 0.05) is 30.1 Å². The molecule has 0 aromatic heterocycles. The van der Waals surface area contributed by atoms with Crippen molar-refractivity contribution in [2.45, 2.75) is 23.9 Å². The highest BCUT2D eigenvalue weighted by molar-refractivity contribution is 7.92. The van der Waals surface area contributed by atoms with Crippen LogP contribution in [0.4, 0.5) is 5.69 Å². The van der Waals surface area contributed by atoms with E-state index >= 15 is 0 Å². The number of hydrogen-bond acceptors (Lipinski definition) is 5. The van der Waals surface area contributed by atoms with E-state index in [0.29, 0.717) is 21.4 Å². The number of likely N-dealkylation sites (N-methyl/N-ethyl adjacent to an activating group) is 1. The Bertz CT molecular complexity index is 1670. The number of ether oxygens (including phenoxy) is 1. The number of nitrogens with one attached hydrogen (secondary N) is 1. The van der Waals surface area contributed by atoms with Gasteiger partial charge in [-0.2, -0.15) is 0 Å². The Balaban J connectivity index is 1.79. The minimum Gasteiger partial charge on any atom is -0.497 e. The van der Waals surface area contributed by atoms with Gasteiger partial charge in [0.05, 0.1) is 17.7 Å². The molecule has 1 unspecified atom stereocenters. The average Bonchev–Trinajstić information content (AvgIpc) is 3.01. The fraction of sp³-hybridized carbons (Fsp3) is 0.188. The van der Waals surface area contributed by atoms with Crippen molar-refractivity contribution in [1.29, 1.82) is 0 Å². The molecule has 0 spiro atoms. The number of carbonyl (C=O) groups excluding carboxylic acids is 2. The number of anilines is 1. The topological polar surface area (TPSA) is 96.0 Å². The van der Waals surface area contributed by atoms with Crippen LogP contribution in [0.5, 0.6) is 5.75 Å². The van der Waals surface area contributed by atoms with Gasteiger partial charge in [-0.15, -0.1) is 0 Å². The Kier molecular flexibility index (Phi) is 10.7. The molecule has 2 amide bonds. The molecular formula is C32H31Cl2N3O5S. The van der Waals surface area contributed by atoms with E-state index in [0.717, 1.165) is 9.87 Å². The molecule has 0 radical (unpaired) electrons. The van der Waals surface area contributed by atoms with E-state index in [2.05, 4.69) is 5.32 Å². The number of halogens is 2. The molecule has 224 valence electrons. The van der Waals surface area contributed by atoms with Crippen LogP contribution in [0, 0.1) is 0 Å². The third kappa shape index (κ3) is 8.07. The first-order valence-electron chi connectivity index (χ1n) is 13.3. The lowest BCUT2D eigenvalue weighted by Crippen LogP contribution is -2.53. The Morgan fingerprint density at radius 3 is 2.07 bits per heavy atom. The van der Waals surface area contributed by atoms with Gasteiger partial charge in [-0.25, -0.2) is 8.42 Å². The number of benzene rings is 4. The van der Waals surface area contributed by atoms with E-state index in [-0.39, 0.29) is 23.5 Å². The number of sulfonamides is 1. The summed E-state index contributed by atoms with van der Waals surface area (Å²) in [6, 6.07) is 27.4. The first kappa shape index (κ1) is 31.9. The second-order valence-electron chi connectivity index (χ2n) is 9.64. The molecule has 4 aromatic rings. The first-order valence-corrected chi connectivity index (χ1v) is 15.5. The Labute approximate surface area is 261 Å². The first-order chi connectivity index (χ1) is 20.6. The van der Waals surface area contributed by atoms with Crippen molar-refractivity contribution in [1.82, 2.24) is 10.2 Å². The number of hydrogen-bond donors (Lipinski definition) is 1. The highest BCUT2D eigenvalue weighted by atomic mass is 35.5. The van der Waals surface area contributed by atoms with Crippen molar-refractivity contribution in [2.75, 3.05) is 25.0 Å². The van der Waals surface area contributed by atoms with Gasteiger partial charge in [0.15, 0.2) is 0 Å². The molecule has 43 heavy (non-hydrogen) atoms. The predicted molar refractivity (Wildman–Crippen MR) is 169 cm³/mol. The largest absolute Gasteiger partial charge is 0.497 e. The molecule has 1 N–H and O–H groups in total. The van der Waals surface area contributed by atoms with Gasteiger partial charge in [0.25, 0.3) is 10.0 Å². The van der Waals surface area contributed by atoms with Crippen molar-refractivity contribution in [3.05, 3.63) is 124 Å². The fourth-order valence-corrected chi connectivity index (χ4v) is 6.39.